The normalized spacial score (nSPS) is 29.3. The largest absolute Gasteiger partial charge is 0.300 e. The molecule has 1 aliphatic heterocycles. The third-order valence-electron chi connectivity index (χ3n) is 3.38. The molecule has 0 radical (unpaired) electrons. The molecule has 90 valence electrons. The molecular weight excluding hydrogens is 212 g/mol. The van der Waals surface area contributed by atoms with Crippen LogP contribution in [-0.2, 0) is 10.0 Å². The van der Waals surface area contributed by atoms with Gasteiger partial charge in [-0.15, -0.1) is 0 Å². The summed E-state index contributed by atoms with van der Waals surface area (Å²) in [5.74, 6) is 0.818. The molecule has 1 saturated heterocycles. The summed E-state index contributed by atoms with van der Waals surface area (Å²) in [5.41, 5.74) is 0. The van der Waals surface area contributed by atoms with Gasteiger partial charge in [0.25, 0.3) is 0 Å². The van der Waals surface area contributed by atoms with E-state index in [0.29, 0.717) is 18.4 Å². The zero-order valence-electron chi connectivity index (χ0n) is 9.65. The smallest absolute Gasteiger partial charge is 0.209 e. The Bertz CT molecular complexity index is 290. The summed E-state index contributed by atoms with van der Waals surface area (Å²) in [5, 5.41) is 4.97. The van der Waals surface area contributed by atoms with Gasteiger partial charge < -0.3 is 4.90 Å². The molecular formula is C10H22N2O2S. The third-order valence-corrected chi connectivity index (χ3v) is 4.24. The third kappa shape index (κ3) is 4.49. The van der Waals surface area contributed by atoms with Crippen molar-refractivity contribution >= 4 is 10.0 Å². The Hall–Kier alpha value is -0.130. The molecule has 0 aromatic carbocycles. The van der Waals surface area contributed by atoms with E-state index >= 15 is 0 Å². The van der Waals surface area contributed by atoms with Crippen LogP contribution < -0.4 is 5.14 Å². The van der Waals surface area contributed by atoms with Gasteiger partial charge in [-0.05, 0) is 45.2 Å². The highest BCUT2D eigenvalue weighted by Crippen LogP contribution is 2.22. The Kier molecular flexibility index (Phi) is 4.55. The van der Waals surface area contributed by atoms with Crippen molar-refractivity contribution in [1.29, 1.82) is 0 Å². The minimum absolute atomic E-state index is 0.102. The number of piperidine rings is 1. The van der Waals surface area contributed by atoms with Gasteiger partial charge in [-0.3, -0.25) is 0 Å². The number of rotatable bonds is 4. The van der Waals surface area contributed by atoms with Gasteiger partial charge in [0, 0.05) is 6.04 Å². The minimum atomic E-state index is -3.28. The Morgan fingerprint density at radius 3 is 2.67 bits per heavy atom. The van der Waals surface area contributed by atoms with Crippen molar-refractivity contribution in [2.45, 2.75) is 39.2 Å². The maximum absolute atomic E-state index is 10.8. The maximum Gasteiger partial charge on any atom is 0.209 e. The first-order valence-electron chi connectivity index (χ1n) is 5.64. The molecule has 2 unspecified atom stereocenters. The molecule has 0 aromatic rings. The fraction of sp³-hybridized carbons (Fsp3) is 1.00. The standard InChI is InChI=1S/C10H22N2O2S/c1-9-5-3-6-12(10(9)2)7-4-8-15(11,13)14/h9-10H,3-8H2,1-2H3,(H2,11,13,14). The number of sulfonamides is 1. The average molecular weight is 234 g/mol. The lowest BCUT2D eigenvalue weighted by molar-refractivity contribution is 0.114. The molecule has 0 aliphatic carbocycles. The predicted octanol–water partition coefficient (Wildman–Crippen LogP) is 0.785. The lowest BCUT2D eigenvalue weighted by Crippen LogP contribution is -2.43. The van der Waals surface area contributed by atoms with Crippen LogP contribution >= 0.6 is 0 Å². The van der Waals surface area contributed by atoms with E-state index in [1.54, 1.807) is 0 Å². The second-order valence-electron chi connectivity index (χ2n) is 4.62. The van der Waals surface area contributed by atoms with Crippen molar-refractivity contribution in [3.8, 4) is 0 Å². The van der Waals surface area contributed by atoms with Gasteiger partial charge in [0.1, 0.15) is 0 Å². The van der Waals surface area contributed by atoms with E-state index in [2.05, 4.69) is 18.7 Å². The summed E-state index contributed by atoms with van der Waals surface area (Å²) in [6.07, 6.45) is 3.16. The highest BCUT2D eigenvalue weighted by molar-refractivity contribution is 7.89. The number of nitrogens with zero attached hydrogens (tertiary/aromatic N) is 1. The number of nitrogens with two attached hydrogens (primary N) is 1. The molecule has 1 fully saturated rings. The predicted molar refractivity (Wildman–Crippen MR) is 62.0 cm³/mol. The molecule has 2 atom stereocenters. The molecule has 0 spiro atoms. The van der Waals surface area contributed by atoms with Crippen LogP contribution in [0.15, 0.2) is 0 Å². The highest BCUT2D eigenvalue weighted by Gasteiger charge is 2.24. The van der Waals surface area contributed by atoms with E-state index < -0.39 is 10.0 Å². The Morgan fingerprint density at radius 1 is 1.40 bits per heavy atom. The van der Waals surface area contributed by atoms with Gasteiger partial charge in [0.15, 0.2) is 0 Å². The van der Waals surface area contributed by atoms with Crippen molar-refractivity contribution in [3.63, 3.8) is 0 Å². The van der Waals surface area contributed by atoms with Crippen LogP contribution in [0, 0.1) is 5.92 Å². The highest BCUT2D eigenvalue weighted by atomic mass is 32.2. The van der Waals surface area contributed by atoms with Gasteiger partial charge in [0.05, 0.1) is 5.75 Å². The summed E-state index contributed by atoms with van der Waals surface area (Å²) in [6, 6.07) is 0.569. The van der Waals surface area contributed by atoms with Gasteiger partial charge in [-0.25, -0.2) is 13.6 Å². The van der Waals surface area contributed by atoms with Crippen LogP contribution in [0.1, 0.15) is 33.1 Å². The first kappa shape index (κ1) is 12.9. The lowest BCUT2D eigenvalue weighted by Gasteiger charge is -2.37. The van der Waals surface area contributed by atoms with Crippen molar-refractivity contribution in [1.82, 2.24) is 4.90 Å². The second-order valence-corrected chi connectivity index (χ2v) is 6.35. The van der Waals surface area contributed by atoms with Crippen LogP contribution in [-0.4, -0.2) is 38.2 Å². The summed E-state index contributed by atoms with van der Waals surface area (Å²) in [6.45, 7) is 6.43. The van der Waals surface area contributed by atoms with E-state index in [4.69, 9.17) is 5.14 Å². The minimum Gasteiger partial charge on any atom is -0.300 e. The Morgan fingerprint density at radius 2 is 2.07 bits per heavy atom. The summed E-state index contributed by atoms with van der Waals surface area (Å²) in [7, 11) is -3.28. The van der Waals surface area contributed by atoms with E-state index in [-0.39, 0.29) is 5.75 Å². The van der Waals surface area contributed by atoms with Gasteiger partial charge in [-0.2, -0.15) is 0 Å². The zero-order valence-corrected chi connectivity index (χ0v) is 10.5. The molecule has 0 amide bonds. The summed E-state index contributed by atoms with van der Waals surface area (Å²) >= 11 is 0. The van der Waals surface area contributed by atoms with Crippen molar-refractivity contribution < 1.29 is 8.42 Å². The monoisotopic (exact) mass is 234 g/mol. The SMILES string of the molecule is CC1CCCN(CCCS(N)(=O)=O)C1C. The van der Waals surface area contributed by atoms with Crippen molar-refractivity contribution in [3.05, 3.63) is 0 Å². The van der Waals surface area contributed by atoms with Crippen molar-refractivity contribution in [2.24, 2.45) is 11.1 Å². The molecule has 15 heavy (non-hydrogen) atoms. The van der Waals surface area contributed by atoms with Crippen LogP contribution in [0.5, 0.6) is 0 Å². The molecule has 0 bridgehead atoms. The molecule has 2 N–H and O–H groups in total. The Balaban J connectivity index is 2.32. The van der Waals surface area contributed by atoms with E-state index in [9.17, 15) is 8.42 Å². The average Bonchev–Trinajstić information content (AvgIpc) is 2.10. The van der Waals surface area contributed by atoms with Crippen LogP contribution in [0.2, 0.25) is 0 Å². The molecule has 1 aliphatic rings. The molecule has 0 aromatic heterocycles. The molecule has 1 rings (SSSR count). The molecule has 5 heteroatoms. The van der Waals surface area contributed by atoms with Gasteiger partial charge in [-0.1, -0.05) is 6.92 Å². The number of hydrogen-bond donors (Lipinski definition) is 1. The van der Waals surface area contributed by atoms with Crippen molar-refractivity contribution in [2.75, 3.05) is 18.8 Å². The first-order chi connectivity index (χ1) is 6.90. The number of primary sulfonamides is 1. The first-order valence-corrected chi connectivity index (χ1v) is 7.36. The fourth-order valence-electron chi connectivity index (χ4n) is 2.21. The number of hydrogen-bond acceptors (Lipinski definition) is 3. The fourth-order valence-corrected chi connectivity index (χ4v) is 2.74. The zero-order chi connectivity index (χ0) is 11.5. The van der Waals surface area contributed by atoms with E-state index in [1.807, 2.05) is 0 Å². The molecule has 1 heterocycles. The van der Waals surface area contributed by atoms with Gasteiger partial charge >= 0.3 is 0 Å². The Labute approximate surface area is 92.9 Å². The quantitative estimate of drug-likeness (QED) is 0.782. The van der Waals surface area contributed by atoms with Crippen LogP contribution in [0.4, 0.5) is 0 Å². The summed E-state index contributed by atoms with van der Waals surface area (Å²) < 4.78 is 21.6. The van der Waals surface area contributed by atoms with Crippen LogP contribution in [0.3, 0.4) is 0 Å². The van der Waals surface area contributed by atoms with E-state index in [1.165, 1.54) is 12.8 Å². The maximum atomic E-state index is 10.8. The topological polar surface area (TPSA) is 63.4 Å². The molecule has 0 saturated carbocycles. The van der Waals surface area contributed by atoms with Gasteiger partial charge in [0.2, 0.25) is 10.0 Å². The lowest BCUT2D eigenvalue weighted by atomic mass is 9.92. The number of likely N-dealkylation sites (tertiary alicyclic amines) is 1. The van der Waals surface area contributed by atoms with E-state index in [0.717, 1.165) is 13.1 Å². The second kappa shape index (κ2) is 5.27. The van der Waals surface area contributed by atoms with Crippen LogP contribution in [0.25, 0.3) is 0 Å². The molecule has 4 nitrogen and oxygen atoms in total. The summed E-state index contributed by atoms with van der Waals surface area (Å²) in [4.78, 5) is 2.37.